The fourth-order valence-corrected chi connectivity index (χ4v) is 5.23. The molecule has 104 valence electrons. The summed E-state index contributed by atoms with van der Waals surface area (Å²) < 4.78 is 14.4. The van der Waals surface area contributed by atoms with Gasteiger partial charge in [-0.2, -0.15) is 0 Å². The Morgan fingerprint density at radius 1 is 1.40 bits per heavy atom. The SMILES string of the molecule is CNC1=C(c2csc3cc(F)ccc23)[C@H]2CC[C@]1(C)C2. The molecule has 0 aliphatic heterocycles. The van der Waals surface area contributed by atoms with Crippen LogP contribution >= 0.6 is 11.3 Å². The Morgan fingerprint density at radius 2 is 2.25 bits per heavy atom. The number of nitrogens with one attached hydrogen (secondary N) is 1. The van der Waals surface area contributed by atoms with Gasteiger partial charge in [-0.15, -0.1) is 11.3 Å². The third-order valence-corrected chi connectivity index (χ3v) is 6.05. The fourth-order valence-electron chi connectivity index (χ4n) is 4.25. The van der Waals surface area contributed by atoms with Gasteiger partial charge in [-0.3, -0.25) is 0 Å². The lowest BCUT2D eigenvalue weighted by Gasteiger charge is -2.27. The number of hydrogen-bond donors (Lipinski definition) is 1. The van der Waals surface area contributed by atoms with E-state index in [9.17, 15) is 4.39 Å². The van der Waals surface area contributed by atoms with Crippen LogP contribution in [0.3, 0.4) is 0 Å². The van der Waals surface area contributed by atoms with Gasteiger partial charge in [-0.25, -0.2) is 4.39 Å². The highest BCUT2D eigenvalue weighted by atomic mass is 32.1. The van der Waals surface area contributed by atoms with Crippen LogP contribution in [-0.4, -0.2) is 7.05 Å². The molecular formula is C17H18FNS. The molecule has 1 aromatic carbocycles. The van der Waals surface area contributed by atoms with E-state index in [1.54, 1.807) is 23.5 Å². The summed E-state index contributed by atoms with van der Waals surface area (Å²) in [6, 6.07) is 5.16. The molecule has 1 saturated carbocycles. The molecule has 2 aromatic rings. The molecule has 0 radical (unpaired) electrons. The van der Waals surface area contributed by atoms with Crippen LogP contribution in [0.4, 0.5) is 4.39 Å². The number of allylic oxidation sites excluding steroid dienone is 2. The van der Waals surface area contributed by atoms with Gasteiger partial charge in [-0.1, -0.05) is 13.0 Å². The molecule has 2 aliphatic rings. The molecule has 0 saturated heterocycles. The van der Waals surface area contributed by atoms with E-state index >= 15 is 0 Å². The van der Waals surface area contributed by atoms with Crippen molar-refractivity contribution in [3.8, 4) is 0 Å². The van der Waals surface area contributed by atoms with E-state index in [4.69, 9.17) is 0 Å². The van der Waals surface area contributed by atoms with E-state index in [1.165, 1.54) is 41.5 Å². The summed E-state index contributed by atoms with van der Waals surface area (Å²) in [5, 5.41) is 6.87. The second-order valence-electron chi connectivity index (χ2n) is 6.33. The molecule has 2 bridgehead atoms. The molecule has 4 rings (SSSR count). The summed E-state index contributed by atoms with van der Waals surface area (Å²) in [5.41, 5.74) is 4.54. The Bertz CT molecular complexity index is 730. The van der Waals surface area contributed by atoms with E-state index in [0.717, 1.165) is 4.70 Å². The van der Waals surface area contributed by atoms with Gasteiger partial charge >= 0.3 is 0 Å². The Morgan fingerprint density at radius 3 is 3.05 bits per heavy atom. The van der Waals surface area contributed by atoms with Gasteiger partial charge in [0.05, 0.1) is 0 Å². The zero-order valence-corrected chi connectivity index (χ0v) is 12.6. The van der Waals surface area contributed by atoms with Crippen molar-refractivity contribution in [1.82, 2.24) is 5.32 Å². The van der Waals surface area contributed by atoms with Crippen molar-refractivity contribution in [2.75, 3.05) is 7.05 Å². The lowest BCUT2D eigenvalue weighted by Crippen LogP contribution is -2.23. The number of benzene rings is 1. The number of hydrogen-bond acceptors (Lipinski definition) is 2. The van der Waals surface area contributed by atoms with Gasteiger partial charge in [0.15, 0.2) is 0 Å². The summed E-state index contributed by atoms with van der Waals surface area (Å²) in [6.07, 6.45) is 3.83. The average Bonchev–Trinajstić information content (AvgIpc) is 3.06. The van der Waals surface area contributed by atoms with E-state index < -0.39 is 0 Å². The van der Waals surface area contributed by atoms with Crippen molar-refractivity contribution >= 4 is 27.0 Å². The molecule has 2 aliphatic carbocycles. The molecular weight excluding hydrogens is 269 g/mol. The van der Waals surface area contributed by atoms with Crippen LogP contribution in [0, 0.1) is 17.2 Å². The summed E-state index contributed by atoms with van der Waals surface area (Å²) >= 11 is 1.65. The Labute approximate surface area is 122 Å². The predicted molar refractivity (Wildman–Crippen MR) is 83.2 cm³/mol. The highest BCUT2D eigenvalue weighted by molar-refractivity contribution is 7.17. The van der Waals surface area contributed by atoms with Crippen molar-refractivity contribution < 1.29 is 4.39 Å². The molecule has 1 nitrogen and oxygen atoms in total. The Hall–Kier alpha value is -1.35. The van der Waals surface area contributed by atoms with Crippen LogP contribution in [0.15, 0.2) is 29.3 Å². The van der Waals surface area contributed by atoms with E-state index in [1.807, 2.05) is 13.1 Å². The maximum atomic E-state index is 13.4. The summed E-state index contributed by atoms with van der Waals surface area (Å²) in [4.78, 5) is 0. The normalized spacial score (nSPS) is 28.6. The molecule has 2 atom stereocenters. The topological polar surface area (TPSA) is 12.0 Å². The maximum Gasteiger partial charge on any atom is 0.124 e. The molecule has 1 fully saturated rings. The van der Waals surface area contributed by atoms with Crippen molar-refractivity contribution in [2.45, 2.75) is 26.2 Å². The molecule has 20 heavy (non-hydrogen) atoms. The third kappa shape index (κ3) is 1.53. The summed E-state index contributed by atoms with van der Waals surface area (Å²) in [7, 11) is 2.04. The zero-order chi connectivity index (χ0) is 13.9. The van der Waals surface area contributed by atoms with E-state index in [0.29, 0.717) is 11.3 Å². The first-order chi connectivity index (χ1) is 9.62. The molecule has 1 aromatic heterocycles. The minimum atomic E-state index is -0.145. The second-order valence-corrected chi connectivity index (χ2v) is 7.24. The molecule has 3 heteroatoms. The molecule has 1 heterocycles. The average molecular weight is 287 g/mol. The zero-order valence-electron chi connectivity index (χ0n) is 11.8. The molecule has 1 N–H and O–H groups in total. The van der Waals surface area contributed by atoms with Gasteiger partial charge in [-0.05, 0) is 53.8 Å². The maximum absolute atomic E-state index is 13.4. The van der Waals surface area contributed by atoms with Crippen LogP contribution in [0.25, 0.3) is 15.7 Å². The third-order valence-electron chi connectivity index (χ3n) is 5.10. The minimum Gasteiger partial charge on any atom is -0.391 e. The van der Waals surface area contributed by atoms with Gasteiger partial charge in [0.1, 0.15) is 5.82 Å². The highest BCUT2D eigenvalue weighted by Crippen LogP contribution is 2.59. The van der Waals surface area contributed by atoms with E-state index in [-0.39, 0.29) is 5.82 Å². The fraction of sp³-hybridized carbons (Fsp3) is 0.412. The van der Waals surface area contributed by atoms with Crippen molar-refractivity contribution in [2.24, 2.45) is 11.3 Å². The standard InChI is InChI=1S/C17H18FNS/c1-17-6-5-10(8-17)15(16(17)19-2)13-9-20-14-7-11(18)3-4-12(13)14/h3-4,7,9-10,19H,5-6,8H2,1-2H3/t10-,17+/m0/s1. The monoisotopic (exact) mass is 287 g/mol. The summed E-state index contributed by atoms with van der Waals surface area (Å²) in [6.45, 7) is 2.38. The highest BCUT2D eigenvalue weighted by Gasteiger charge is 2.48. The smallest absolute Gasteiger partial charge is 0.124 e. The lowest BCUT2D eigenvalue weighted by atomic mass is 9.83. The van der Waals surface area contributed by atoms with Crippen molar-refractivity contribution in [3.05, 3.63) is 40.7 Å². The number of rotatable bonds is 2. The predicted octanol–water partition coefficient (Wildman–Crippen LogP) is 4.79. The number of thiophene rings is 1. The Kier molecular flexibility index (Phi) is 2.53. The van der Waals surface area contributed by atoms with Gasteiger partial charge in [0.25, 0.3) is 0 Å². The van der Waals surface area contributed by atoms with Crippen LogP contribution in [-0.2, 0) is 0 Å². The van der Waals surface area contributed by atoms with Crippen molar-refractivity contribution in [3.63, 3.8) is 0 Å². The van der Waals surface area contributed by atoms with Crippen LogP contribution in [0.2, 0.25) is 0 Å². The minimum absolute atomic E-state index is 0.145. The quantitative estimate of drug-likeness (QED) is 0.837. The van der Waals surface area contributed by atoms with Crippen molar-refractivity contribution in [1.29, 1.82) is 0 Å². The number of halogens is 1. The summed E-state index contributed by atoms with van der Waals surface area (Å²) in [5.74, 6) is 0.527. The lowest BCUT2D eigenvalue weighted by molar-refractivity contribution is 0.404. The van der Waals surface area contributed by atoms with E-state index in [2.05, 4.69) is 17.6 Å². The van der Waals surface area contributed by atoms with Crippen LogP contribution < -0.4 is 5.32 Å². The van der Waals surface area contributed by atoms with Crippen LogP contribution in [0.1, 0.15) is 31.7 Å². The van der Waals surface area contributed by atoms with Crippen LogP contribution in [0.5, 0.6) is 0 Å². The Balaban J connectivity index is 1.95. The van der Waals surface area contributed by atoms with Gasteiger partial charge in [0, 0.05) is 28.2 Å². The second kappa shape index (κ2) is 4.08. The molecule has 0 amide bonds. The van der Waals surface area contributed by atoms with Gasteiger partial charge in [0.2, 0.25) is 0 Å². The molecule has 0 spiro atoms. The molecule has 0 unspecified atom stereocenters. The largest absolute Gasteiger partial charge is 0.391 e. The number of fused-ring (bicyclic) bond motifs is 3. The first-order valence-corrected chi connectivity index (χ1v) is 8.10. The van der Waals surface area contributed by atoms with Gasteiger partial charge < -0.3 is 5.32 Å². The first-order valence-electron chi connectivity index (χ1n) is 7.22. The first kappa shape index (κ1) is 12.4.